The Morgan fingerprint density at radius 3 is 2.70 bits per heavy atom. The van der Waals surface area contributed by atoms with Gasteiger partial charge in [-0.3, -0.25) is 4.79 Å². The summed E-state index contributed by atoms with van der Waals surface area (Å²) in [6.45, 7) is 3.62. The number of aromatic nitrogens is 2. The zero-order valence-corrected chi connectivity index (χ0v) is 19.1. The van der Waals surface area contributed by atoms with Crippen molar-refractivity contribution in [1.29, 1.82) is 0 Å². The van der Waals surface area contributed by atoms with Crippen molar-refractivity contribution >= 4 is 67.1 Å². The molecule has 4 N–H and O–H groups in total. The van der Waals surface area contributed by atoms with Gasteiger partial charge in [0.2, 0.25) is 21.1 Å². The van der Waals surface area contributed by atoms with E-state index in [-0.39, 0.29) is 10.8 Å². The van der Waals surface area contributed by atoms with Gasteiger partial charge < -0.3 is 10.6 Å². The molecule has 0 saturated heterocycles. The molecule has 0 aliphatic carbocycles. The molecule has 0 aliphatic rings. The van der Waals surface area contributed by atoms with Crippen LogP contribution in [-0.2, 0) is 14.8 Å². The van der Waals surface area contributed by atoms with Crippen molar-refractivity contribution in [1.82, 2.24) is 10.2 Å². The summed E-state index contributed by atoms with van der Waals surface area (Å²) in [5.74, 6) is -0.304. The fourth-order valence-corrected chi connectivity index (χ4v) is 5.01. The fourth-order valence-electron chi connectivity index (χ4n) is 2.37. The lowest BCUT2D eigenvalue weighted by molar-refractivity contribution is -0.115. The highest BCUT2D eigenvalue weighted by Gasteiger charge is 2.18. The summed E-state index contributed by atoms with van der Waals surface area (Å²) in [7, 11) is -3.85. The van der Waals surface area contributed by atoms with Crippen LogP contribution < -0.4 is 15.8 Å². The quantitative estimate of drug-likeness (QED) is 0.433. The van der Waals surface area contributed by atoms with Crippen LogP contribution in [0, 0.1) is 6.92 Å². The zero-order valence-electron chi connectivity index (χ0n) is 15.9. The van der Waals surface area contributed by atoms with Gasteiger partial charge in [-0.15, -0.1) is 10.2 Å². The standard InChI is InChI=1S/C18H18ClN5O3S3/c1-10-14(19)7-4-8-15(10)22-17-23-24-18(29-17)28-11(2)16(25)21-12-5-3-6-13(9-12)30(20,26)27/h3-9,11H,1-2H3,(H,21,25)(H,22,23)(H2,20,26,27). The van der Waals surface area contributed by atoms with Gasteiger partial charge in [0.1, 0.15) is 0 Å². The SMILES string of the molecule is Cc1c(Cl)cccc1Nc1nnc(SC(C)C(=O)Nc2cccc(S(N)(=O)=O)c2)s1. The molecule has 8 nitrogen and oxygen atoms in total. The van der Waals surface area contributed by atoms with E-state index in [1.807, 2.05) is 25.1 Å². The van der Waals surface area contributed by atoms with Gasteiger partial charge in [0.25, 0.3) is 0 Å². The Bertz CT molecular complexity index is 1180. The van der Waals surface area contributed by atoms with Crippen molar-refractivity contribution in [2.45, 2.75) is 28.3 Å². The zero-order chi connectivity index (χ0) is 21.9. The van der Waals surface area contributed by atoms with E-state index in [1.54, 1.807) is 13.0 Å². The first-order valence-corrected chi connectivity index (χ1v) is 12.2. The van der Waals surface area contributed by atoms with Crippen LogP contribution >= 0.6 is 34.7 Å². The minimum absolute atomic E-state index is 0.0724. The Labute approximate surface area is 187 Å². The van der Waals surface area contributed by atoms with Crippen LogP contribution in [0.5, 0.6) is 0 Å². The lowest BCUT2D eigenvalue weighted by atomic mass is 10.2. The first-order valence-electron chi connectivity index (χ1n) is 8.59. The topological polar surface area (TPSA) is 127 Å². The molecule has 0 fully saturated rings. The minimum Gasteiger partial charge on any atom is -0.330 e. The molecule has 1 unspecified atom stereocenters. The van der Waals surface area contributed by atoms with Crippen molar-refractivity contribution in [3.8, 4) is 0 Å². The van der Waals surface area contributed by atoms with Crippen molar-refractivity contribution in [3.05, 3.63) is 53.1 Å². The van der Waals surface area contributed by atoms with Crippen LogP contribution in [0.2, 0.25) is 5.02 Å². The average Bonchev–Trinajstić information content (AvgIpc) is 3.12. The van der Waals surface area contributed by atoms with E-state index < -0.39 is 15.3 Å². The molecule has 0 radical (unpaired) electrons. The first kappa shape index (κ1) is 22.5. The molecule has 158 valence electrons. The van der Waals surface area contributed by atoms with Gasteiger partial charge in [-0.2, -0.15) is 0 Å². The van der Waals surface area contributed by atoms with E-state index in [0.29, 0.717) is 20.2 Å². The van der Waals surface area contributed by atoms with Crippen LogP contribution in [-0.4, -0.2) is 29.8 Å². The molecule has 2 aromatic carbocycles. The highest BCUT2D eigenvalue weighted by atomic mass is 35.5. The number of carbonyl (C=O) groups excluding carboxylic acids is 1. The molecular weight excluding hydrogens is 466 g/mol. The molecule has 1 aromatic heterocycles. The second-order valence-electron chi connectivity index (χ2n) is 6.23. The lowest BCUT2D eigenvalue weighted by Crippen LogP contribution is -2.22. The van der Waals surface area contributed by atoms with E-state index in [1.165, 1.54) is 41.3 Å². The third-order valence-corrected chi connectivity index (χ3v) is 7.34. The molecule has 3 aromatic rings. The Morgan fingerprint density at radius 2 is 1.97 bits per heavy atom. The van der Waals surface area contributed by atoms with Crippen molar-refractivity contribution in [2.24, 2.45) is 5.14 Å². The van der Waals surface area contributed by atoms with E-state index in [4.69, 9.17) is 16.7 Å². The summed E-state index contributed by atoms with van der Waals surface area (Å²) in [5, 5.41) is 19.9. The first-order chi connectivity index (χ1) is 14.1. The number of rotatable bonds is 7. The van der Waals surface area contributed by atoms with Crippen LogP contribution in [0.4, 0.5) is 16.5 Å². The number of primary sulfonamides is 1. The molecule has 0 spiro atoms. The number of nitrogens with zero attached hydrogens (tertiary/aromatic N) is 2. The number of thioether (sulfide) groups is 1. The Kier molecular flexibility index (Phi) is 6.98. The monoisotopic (exact) mass is 483 g/mol. The van der Waals surface area contributed by atoms with E-state index in [0.717, 1.165) is 11.3 Å². The third-order valence-electron chi connectivity index (χ3n) is 3.99. The van der Waals surface area contributed by atoms with Crippen LogP contribution in [0.3, 0.4) is 0 Å². The summed E-state index contributed by atoms with van der Waals surface area (Å²) in [4.78, 5) is 12.4. The Hall–Kier alpha value is -2.18. The molecule has 3 rings (SSSR count). The molecule has 1 atom stereocenters. The molecule has 1 amide bonds. The van der Waals surface area contributed by atoms with Gasteiger partial charge in [0, 0.05) is 16.4 Å². The molecular formula is C18H18ClN5O3S3. The number of benzene rings is 2. The number of amides is 1. The normalized spacial score (nSPS) is 12.4. The fraction of sp³-hybridized carbons (Fsp3) is 0.167. The van der Waals surface area contributed by atoms with Gasteiger partial charge in [0.05, 0.1) is 10.1 Å². The Balaban J connectivity index is 1.63. The maximum absolute atomic E-state index is 12.5. The smallest absolute Gasteiger partial charge is 0.238 e. The number of nitrogens with one attached hydrogen (secondary N) is 2. The molecule has 0 saturated carbocycles. The number of anilines is 3. The second kappa shape index (κ2) is 9.31. The number of carbonyl (C=O) groups is 1. The highest BCUT2D eigenvalue weighted by Crippen LogP contribution is 2.32. The van der Waals surface area contributed by atoms with Crippen LogP contribution in [0.25, 0.3) is 0 Å². The van der Waals surface area contributed by atoms with Crippen LogP contribution in [0.15, 0.2) is 51.7 Å². The van der Waals surface area contributed by atoms with Gasteiger partial charge >= 0.3 is 0 Å². The maximum atomic E-state index is 12.5. The van der Waals surface area contributed by atoms with Gasteiger partial charge in [0.15, 0.2) is 4.34 Å². The summed E-state index contributed by atoms with van der Waals surface area (Å²) in [6.07, 6.45) is 0. The predicted molar refractivity (Wildman–Crippen MR) is 121 cm³/mol. The number of sulfonamides is 1. The van der Waals surface area contributed by atoms with Crippen molar-refractivity contribution in [2.75, 3.05) is 10.6 Å². The van der Waals surface area contributed by atoms with Crippen molar-refractivity contribution < 1.29 is 13.2 Å². The summed E-state index contributed by atoms with van der Waals surface area (Å²) in [5.41, 5.74) is 2.07. The number of nitrogens with two attached hydrogens (primary N) is 1. The maximum Gasteiger partial charge on any atom is 0.238 e. The Morgan fingerprint density at radius 1 is 1.23 bits per heavy atom. The number of halogens is 1. The van der Waals surface area contributed by atoms with Gasteiger partial charge in [-0.25, -0.2) is 13.6 Å². The number of hydrogen-bond acceptors (Lipinski definition) is 8. The van der Waals surface area contributed by atoms with Crippen LogP contribution in [0.1, 0.15) is 12.5 Å². The van der Waals surface area contributed by atoms with E-state index in [2.05, 4.69) is 20.8 Å². The molecule has 0 bridgehead atoms. The molecule has 0 aliphatic heterocycles. The lowest BCUT2D eigenvalue weighted by Gasteiger charge is -2.11. The third kappa shape index (κ3) is 5.70. The largest absolute Gasteiger partial charge is 0.330 e. The molecule has 12 heteroatoms. The summed E-state index contributed by atoms with van der Waals surface area (Å²) < 4.78 is 23.5. The second-order valence-corrected chi connectivity index (χ2v) is 10.8. The summed E-state index contributed by atoms with van der Waals surface area (Å²) in [6, 6.07) is 11.3. The van der Waals surface area contributed by atoms with Gasteiger partial charge in [-0.05, 0) is 49.7 Å². The van der Waals surface area contributed by atoms with E-state index >= 15 is 0 Å². The highest BCUT2D eigenvalue weighted by molar-refractivity contribution is 8.02. The summed E-state index contributed by atoms with van der Waals surface area (Å²) >= 11 is 8.68. The minimum atomic E-state index is -3.85. The average molecular weight is 484 g/mol. The van der Waals surface area contributed by atoms with E-state index in [9.17, 15) is 13.2 Å². The number of hydrogen-bond donors (Lipinski definition) is 3. The molecule has 30 heavy (non-hydrogen) atoms. The molecule has 1 heterocycles. The van der Waals surface area contributed by atoms with Crippen molar-refractivity contribution in [3.63, 3.8) is 0 Å². The predicted octanol–water partition coefficient (Wildman–Crippen LogP) is 4.01. The van der Waals surface area contributed by atoms with Gasteiger partial charge in [-0.1, -0.05) is 46.8 Å².